The van der Waals surface area contributed by atoms with Gasteiger partial charge in [-0.25, -0.2) is 0 Å². The molecule has 4 heterocycles. The van der Waals surface area contributed by atoms with Crippen molar-refractivity contribution in [3.8, 4) is 5.75 Å². The number of rotatable bonds is 8. The third kappa shape index (κ3) is 4.80. The van der Waals surface area contributed by atoms with E-state index in [1.54, 1.807) is 18.5 Å². The van der Waals surface area contributed by atoms with Crippen molar-refractivity contribution in [1.82, 2.24) is 14.6 Å². The van der Waals surface area contributed by atoms with Crippen molar-refractivity contribution >= 4 is 50.7 Å². The highest BCUT2D eigenvalue weighted by molar-refractivity contribution is 8.27. The molecule has 2 aromatic carbocycles. The average Bonchev–Trinajstić information content (AvgIpc) is 3.54. The molecule has 8 nitrogen and oxygen atoms in total. The second-order valence-electron chi connectivity index (χ2n) is 8.91. The van der Waals surface area contributed by atoms with E-state index in [2.05, 4.69) is 26.2 Å². The zero-order valence-corrected chi connectivity index (χ0v) is 21.8. The van der Waals surface area contributed by atoms with Crippen molar-refractivity contribution in [2.24, 2.45) is 10.1 Å². The van der Waals surface area contributed by atoms with Gasteiger partial charge in [-0.2, -0.15) is 15.1 Å². The summed E-state index contributed by atoms with van der Waals surface area (Å²) < 4.78 is 8.22. The average molecular weight is 533 g/mol. The molecule has 2 aliphatic rings. The first-order chi connectivity index (χ1) is 19.1. The summed E-state index contributed by atoms with van der Waals surface area (Å²) >= 11 is 1.25. The Morgan fingerprint density at radius 3 is 2.77 bits per heavy atom. The molecule has 9 heteroatoms. The fraction of sp³-hybridized carbons (Fsp3) is 0.100. The van der Waals surface area contributed by atoms with Gasteiger partial charge >= 0.3 is 0 Å². The van der Waals surface area contributed by atoms with E-state index in [0.717, 1.165) is 39.8 Å². The Morgan fingerprint density at radius 2 is 1.92 bits per heavy atom. The number of hydrogen-bond acceptors (Lipinski definition) is 6. The first-order valence-corrected chi connectivity index (χ1v) is 13.2. The molecule has 1 amide bonds. The number of hydrazone groups is 1. The number of carbonyl (C=O) groups excluding carboxylic acids is 1. The van der Waals surface area contributed by atoms with Crippen LogP contribution >= 0.6 is 11.8 Å². The molecule has 0 fully saturated rings. The Bertz CT molecular complexity index is 1700. The Kier molecular flexibility index (Phi) is 6.64. The fourth-order valence-electron chi connectivity index (χ4n) is 4.55. The van der Waals surface area contributed by atoms with Crippen LogP contribution in [-0.2, 0) is 17.8 Å². The van der Waals surface area contributed by atoms with E-state index in [0.29, 0.717) is 23.4 Å². The van der Waals surface area contributed by atoms with Crippen LogP contribution in [-0.4, -0.2) is 43.1 Å². The van der Waals surface area contributed by atoms with Gasteiger partial charge in [-0.1, -0.05) is 42.5 Å². The Morgan fingerprint density at radius 1 is 1.08 bits per heavy atom. The van der Waals surface area contributed by atoms with Crippen molar-refractivity contribution in [3.63, 3.8) is 0 Å². The third-order valence-corrected chi connectivity index (χ3v) is 7.37. The molecule has 0 bridgehead atoms. The minimum atomic E-state index is -0.458. The lowest BCUT2D eigenvalue weighted by atomic mass is 10.1. The number of pyridine rings is 1. The lowest BCUT2D eigenvalue weighted by Gasteiger charge is -2.20. The zero-order valence-electron chi connectivity index (χ0n) is 20.9. The standard InChI is InChI=1S/C30H24N6O2S/c1-2-8-20-9-3-6-13-26(20)38-16-15-35-19-22(23-11-4-5-12-25(23)35)17-24-27(31)36-30(33-28(24)37)39-29(34-36)21-10-7-14-32-18-21/h2-7,9-14,17-19,31H,1,8,15-16H2/b24-17+,31-27?. The quantitative estimate of drug-likeness (QED) is 0.238. The van der Waals surface area contributed by atoms with Gasteiger partial charge in [-0.05, 0) is 54.1 Å². The maximum Gasteiger partial charge on any atom is 0.283 e. The Labute approximate surface area is 229 Å². The van der Waals surface area contributed by atoms with Crippen LogP contribution in [0.4, 0.5) is 0 Å². The SMILES string of the molecule is C=CCc1ccccc1OCCn1cc(/C=C2\C(=N)N3N=C(c4cccnc4)SC3=NC2=O)c2ccccc21. The van der Waals surface area contributed by atoms with Gasteiger partial charge in [0.15, 0.2) is 5.84 Å². The van der Waals surface area contributed by atoms with Gasteiger partial charge in [0.05, 0.1) is 12.1 Å². The monoisotopic (exact) mass is 532 g/mol. The smallest absolute Gasteiger partial charge is 0.283 e. The van der Waals surface area contributed by atoms with Crippen molar-refractivity contribution in [2.45, 2.75) is 13.0 Å². The maximum absolute atomic E-state index is 13.0. The summed E-state index contributed by atoms with van der Waals surface area (Å²) in [7, 11) is 0. The summed E-state index contributed by atoms with van der Waals surface area (Å²) in [6, 6.07) is 19.7. The van der Waals surface area contributed by atoms with Crippen LogP contribution in [0.1, 0.15) is 16.7 Å². The first kappa shape index (κ1) is 24.6. The summed E-state index contributed by atoms with van der Waals surface area (Å²) in [5.74, 6) is 0.386. The molecule has 2 aliphatic heterocycles. The highest BCUT2D eigenvalue weighted by atomic mass is 32.2. The van der Waals surface area contributed by atoms with Gasteiger partial charge in [0.1, 0.15) is 17.4 Å². The van der Waals surface area contributed by atoms with E-state index in [9.17, 15) is 4.79 Å². The number of fused-ring (bicyclic) bond motifs is 2. The number of nitrogens with one attached hydrogen (secondary N) is 1. The minimum absolute atomic E-state index is 0.00428. The van der Waals surface area contributed by atoms with E-state index in [1.807, 2.05) is 72.9 Å². The number of amides is 1. The number of aliphatic imine (C=N–C) groups is 1. The summed E-state index contributed by atoms with van der Waals surface area (Å²) in [5, 5.41) is 16.7. The van der Waals surface area contributed by atoms with Crippen LogP contribution in [0.5, 0.6) is 5.75 Å². The molecule has 0 atom stereocenters. The highest BCUT2D eigenvalue weighted by Gasteiger charge is 2.36. The molecule has 39 heavy (non-hydrogen) atoms. The van der Waals surface area contributed by atoms with Gasteiger partial charge in [-0.3, -0.25) is 15.2 Å². The summed E-state index contributed by atoms with van der Waals surface area (Å²) in [6.07, 6.45) is 9.71. The number of hydrogen-bond donors (Lipinski definition) is 1. The van der Waals surface area contributed by atoms with E-state index in [1.165, 1.54) is 16.8 Å². The predicted molar refractivity (Wildman–Crippen MR) is 156 cm³/mol. The summed E-state index contributed by atoms with van der Waals surface area (Å²) in [5.41, 5.74) is 3.93. The molecule has 192 valence electrons. The molecule has 4 aromatic rings. The van der Waals surface area contributed by atoms with E-state index in [-0.39, 0.29) is 11.4 Å². The number of benzene rings is 2. The summed E-state index contributed by atoms with van der Waals surface area (Å²) in [6.45, 7) is 4.92. The molecule has 0 spiro atoms. The van der Waals surface area contributed by atoms with Gasteiger partial charge in [0.25, 0.3) is 5.91 Å². The number of aromatic nitrogens is 2. The third-order valence-electron chi connectivity index (χ3n) is 6.41. The van der Waals surface area contributed by atoms with Crippen LogP contribution in [0.2, 0.25) is 0 Å². The summed E-state index contributed by atoms with van der Waals surface area (Å²) in [4.78, 5) is 21.4. The predicted octanol–water partition coefficient (Wildman–Crippen LogP) is 5.51. The number of para-hydroxylation sites is 2. The number of thioether (sulfide) groups is 1. The van der Waals surface area contributed by atoms with Crippen molar-refractivity contribution in [2.75, 3.05) is 6.61 Å². The second-order valence-corrected chi connectivity index (χ2v) is 9.87. The topological polar surface area (TPSA) is 95.9 Å². The Hall–Kier alpha value is -4.76. The van der Waals surface area contributed by atoms with Crippen LogP contribution in [0.3, 0.4) is 0 Å². The lowest BCUT2D eigenvalue weighted by molar-refractivity contribution is -0.114. The van der Waals surface area contributed by atoms with Crippen molar-refractivity contribution in [3.05, 3.63) is 114 Å². The van der Waals surface area contributed by atoms with E-state index in [4.69, 9.17) is 10.1 Å². The number of nitrogens with zero attached hydrogens (tertiary/aromatic N) is 5. The van der Waals surface area contributed by atoms with Crippen LogP contribution in [0.25, 0.3) is 17.0 Å². The second kappa shape index (κ2) is 10.5. The first-order valence-electron chi connectivity index (χ1n) is 12.4. The van der Waals surface area contributed by atoms with Gasteiger partial charge in [-0.15, -0.1) is 6.58 Å². The molecule has 2 aromatic heterocycles. The Balaban J connectivity index is 1.27. The van der Waals surface area contributed by atoms with Gasteiger partial charge < -0.3 is 9.30 Å². The minimum Gasteiger partial charge on any atom is -0.491 e. The van der Waals surface area contributed by atoms with Crippen molar-refractivity contribution < 1.29 is 9.53 Å². The molecule has 0 saturated heterocycles. The maximum atomic E-state index is 13.0. The number of ether oxygens (including phenoxy) is 1. The molecule has 0 radical (unpaired) electrons. The normalized spacial score (nSPS) is 15.9. The number of allylic oxidation sites excluding steroid dienone is 1. The van der Waals surface area contributed by atoms with Gasteiger partial charge in [0, 0.05) is 40.6 Å². The van der Waals surface area contributed by atoms with E-state index < -0.39 is 5.91 Å². The largest absolute Gasteiger partial charge is 0.491 e. The zero-order chi connectivity index (χ0) is 26.8. The fourth-order valence-corrected chi connectivity index (χ4v) is 5.43. The highest BCUT2D eigenvalue weighted by Crippen LogP contribution is 2.32. The van der Waals surface area contributed by atoms with Crippen LogP contribution in [0.15, 0.2) is 108 Å². The molecule has 0 aliphatic carbocycles. The number of carbonyl (C=O) groups is 1. The van der Waals surface area contributed by atoms with Crippen LogP contribution < -0.4 is 4.74 Å². The number of amidine groups is 2. The molecule has 1 N–H and O–H groups in total. The molecular weight excluding hydrogens is 508 g/mol. The van der Waals surface area contributed by atoms with Gasteiger partial charge in [0.2, 0.25) is 5.17 Å². The molecule has 0 unspecified atom stereocenters. The van der Waals surface area contributed by atoms with Crippen molar-refractivity contribution in [1.29, 1.82) is 5.41 Å². The molecule has 6 rings (SSSR count). The van der Waals surface area contributed by atoms with Crippen LogP contribution in [0, 0.1) is 5.41 Å². The molecular formula is C30H24N6O2S. The lowest BCUT2D eigenvalue weighted by Crippen LogP contribution is -2.35. The van der Waals surface area contributed by atoms with E-state index >= 15 is 0 Å². The molecule has 0 saturated carbocycles.